The van der Waals surface area contributed by atoms with Crippen molar-refractivity contribution in [3.8, 4) is 0 Å². The molecular formula is C23H23N5O4. The number of carbonyl (C=O) groups excluding carboxylic acids is 2. The van der Waals surface area contributed by atoms with E-state index in [0.717, 1.165) is 5.52 Å². The van der Waals surface area contributed by atoms with Crippen molar-refractivity contribution in [1.82, 2.24) is 20.3 Å². The Hall–Kier alpha value is -3.98. The highest BCUT2D eigenvalue weighted by atomic mass is 16.5. The van der Waals surface area contributed by atoms with Crippen molar-refractivity contribution < 1.29 is 18.7 Å². The fourth-order valence-electron chi connectivity index (χ4n) is 3.46. The third-order valence-electron chi connectivity index (χ3n) is 4.93. The summed E-state index contributed by atoms with van der Waals surface area (Å²) in [5.41, 5.74) is 1.98. The third kappa shape index (κ3) is 4.52. The van der Waals surface area contributed by atoms with E-state index in [9.17, 15) is 9.59 Å². The zero-order valence-corrected chi connectivity index (χ0v) is 17.5. The molecule has 1 N–H and O–H groups in total. The van der Waals surface area contributed by atoms with Crippen LogP contribution < -0.4 is 10.2 Å². The molecule has 0 fully saturated rings. The van der Waals surface area contributed by atoms with Gasteiger partial charge in [-0.2, -0.15) is 0 Å². The number of methoxy groups -OCH3 is 1. The average Bonchev–Trinajstić information content (AvgIpc) is 3.48. The van der Waals surface area contributed by atoms with E-state index in [-0.39, 0.29) is 18.4 Å². The summed E-state index contributed by atoms with van der Waals surface area (Å²) in [5, 5.41) is 11.0. The second-order valence-electron chi connectivity index (χ2n) is 7.04. The van der Waals surface area contributed by atoms with Gasteiger partial charge in [-0.1, -0.05) is 35.5 Å². The average molecular weight is 433 g/mol. The summed E-state index contributed by atoms with van der Waals surface area (Å²) >= 11 is 0. The number of fused-ring (bicyclic) bond motifs is 1. The minimum atomic E-state index is -1.01. The van der Waals surface area contributed by atoms with Crippen molar-refractivity contribution in [2.75, 3.05) is 25.2 Å². The van der Waals surface area contributed by atoms with Crippen LogP contribution in [0.25, 0.3) is 11.0 Å². The van der Waals surface area contributed by atoms with Gasteiger partial charge < -0.3 is 14.5 Å². The molecule has 1 atom stereocenters. The Labute approximate surface area is 184 Å². The van der Waals surface area contributed by atoms with Crippen molar-refractivity contribution in [2.45, 2.75) is 12.6 Å². The molecule has 164 valence electrons. The van der Waals surface area contributed by atoms with Crippen molar-refractivity contribution >= 4 is 28.5 Å². The van der Waals surface area contributed by atoms with Crippen LogP contribution in [0.15, 0.2) is 77.4 Å². The quantitative estimate of drug-likeness (QED) is 0.407. The molecule has 0 saturated carbocycles. The van der Waals surface area contributed by atoms with Crippen molar-refractivity contribution in [1.29, 1.82) is 0 Å². The number of anilines is 1. The predicted octanol–water partition coefficient (Wildman–Crippen LogP) is 2.56. The van der Waals surface area contributed by atoms with Crippen molar-refractivity contribution in [2.24, 2.45) is 0 Å². The van der Waals surface area contributed by atoms with Crippen LogP contribution in [0, 0.1) is 0 Å². The van der Waals surface area contributed by atoms with E-state index in [1.165, 1.54) is 15.8 Å². The first kappa shape index (κ1) is 21.3. The molecule has 0 spiro atoms. The van der Waals surface area contributed by atoms with Crippen LogP contribution in [0.1, 0.15) is 11.8 Å². The lowest BCUT2D eigenvalue weighted by atomic mass is 10.1. The second-order valence-corrected chi connectivity index (χ2v) is 7.04. The van der Waals surface area contributed by atoms with E-state index < -0.39 is 6.04 Å². The summed E-state index contributed by atoms with van der Waals surface area (Å²) in [6.07, 6.45) is 1.48. The first-order valence-electron chi connectivity index (χ1n) is 10.1. The minimum absolute atomic E-state index is 0.0992. The van der Waals surface area contributed by atoms with E-state index in [1.54, 1.807) is 31.4 Å². The lowest BCUT2D eigenvalue weighted by Gasteiger charge is -2.30. The molecule has 0 bridgehead atoms. The standard InChI is InChI=1S/C23H23N5O4/c1-31-15-13-24-23(30)22(20-12-7-14-32-20)28(17-8-3-2-4-9-17)21(29)16-27-19-11-6-5-10-18(19)25-26-27/h2-12,14,22H,13,15-16H2,1H3,(H,24,30)/t22-/m1/s1. The first-order chi connectivity index (χ1) is 15.7. The van der Waals surface area contributed by atoms with Gasteiger partial charge in [-0.25, -0.2) is 4.68 Å². The van der Waals surface area contributed by atoms with Gasteiger partial charge in [-0.15, -0.1) is 5.10 Å². The normalized spacial score (nSPS) is 11.9. The van der Waals surface area contributed by atoms with Gasteiger partial charge in [0.15, 0.2) is 6.04 Å². The van der Waals surface area contributed by atoms with E-state index >= 15 is 0 Å². The number of nitrogens with one attached hydrogen (secondary N) is 1. The van der Waals surface area contributed by atoms with Crippen LogP contribution in [0.4, 0.5) is 5.69 Å². The number of hydrogen-bond acceptors (Lipinski definition) is 6. The number of hydrogen-bond donors (Lipinski definition) is 1. The zero-order chi connectivity index (χ0) is 22.3. The van der Waals surface area contributed by atoms with E-state index in [1.807, 2.05) is 42.5 Å². The Balaban J connectivity index is 1.71. The van der Waals surface area contributed by atoms with Gasteiger partial charge >= 0.3 is 0 Å². The molecule has 2 aromatic carbocycles. The van der Waals surface area contributed by atoms with Crippen LogP contribution in [0.5, 0.6) is 0 Å². The molecule has 9 nitrogen and oxygen atoms in total. The predicted molar refractivity (Wildman–Crippen MR) is 118 cm³/mol. The van der Waals surface area contributed by atoms with Crippen LogP contribution in [-0.2, 0) is 20.9 Å². The maximum Gasteiger partial charge on any atom is 0.251 e. The van der Waals surface area contributed by atoms with Crippen LogP contribution in [0.2, 0.25) is 0 Å². The van der Waals surface area contributed by atoms with Crippen LogP contribution in [0.3, 0.4) is 0 Å². The molecular weight excluding hydrogens is 410 g/mol. The molecule has 0 aliphatic heterocycles. The molecule has 0 saturated heterocycles. The number of para-hydroxylation sites is 2. The van der Waals surface area contributed by atoms with Gasteiger partial charge in [0.2, 0.25) is 5.91 Å². The number of rotatable bonds is 9. The van der Waals surface area contributed by atoms with Crippen molar-refractivity contribution in [3.63, 3.8) is 0 Å². The zero-order valence-electron chi connectivity index (χ0n) is 17.5. The highest BCUT2D eigenvalue weighted by Crippen LogP contribution is 2.29. The minimum Gasteiger partial charge on any atom is -0.467 e. The monoisotopic (exact) mass is 433 g/mol. The topological polar surface area (TPSA) is 102 Å². The van der Waals surface area contributed by atoms with Gasteiger partial charge in [0, 0.05) is 19.3 Å². The lowest BCUT2D eigenvalue weighted by molar-refractivity contribution is -0.127. The number of carbonyl (C=O) groups is 2. The Bertz CT molecular complexity index is 1170. The molecule has 2 aromatic heterocycles. The lowest BCUT2D eigenvalue weighted by Crippen LogP contribution is -2.45. The molecule has 0 unspecified atom stereocenters. The largest absolute Gasteiger partial charge is 0.467 e. The summed E-state index contributed by atoms with van der Waals surface area (Å²) < 4.78 is 12.1. The fourth-order valence-corrected chi connectivity index (χ4v) is 3.46. The Morgan fingerprint density at radius 2 is 1.88 bits per heavy atom. The van der Waals surface area contributed by atoms with E-state index in [4.69, 9.17) is 9.15 Å². The van der Waals surface area contributed by atoms with Gasteiger partial charge in [-0.05, 0) is 36.4 Å². The molecule has 4 rings (SSSR count). The molecule has 9 heteroatoms. The third-order valence-corrected chi connectivity index (χ3v) is 4.93. The maximum atomic E-state index is 13.6. The smallest absolute Gasteiger partial charge is 0.251 e. The first-order valence-corrected chi connectivity index (χ1v) is 10.1. The summed E-state index contributed by atoms with van der Waals surface area (Å²) in [6.45, 7) is 0.551. The van der Waals surface area contributed by atoms with E-state index in [0.29, 0.717) is 30.1 Å². The molecule has 0 aliphatic carbocycles. The number of ether oxygens (including phenoxy) is 1. The SMILES string of the molecule is COCCNC(=O)[C@@H](c1ccco1)N(C(=O)Cn1nnc2ccccc21)c1ccccc1. The molecule has 4 aromatic rings. The van der Waals surface area contributed by atoms with Gasteiger partial charge in [0.1, 0.15) is 17.8 Å². The van der Waals surface area contributed by atoms with Crippen molar-refractivity contribution in [3.05, 3.63) is 78.8 Å². The summed E-state index contributed by atoms with van der Waals surface area (Å²) in [7, 11) is 1.55. The second kappa shape index (κ2) is 9.88. The number of nitrogens with zero attached hydrogens (tertiary/aromatic N) is 4. The Morgan fingerprint density at radius 3 is 2.62 bits per heavy atom. The van der Waals surface area contributed by atoms with Crippen LogP contribution >= 0.6 is 0 Å². The van der Waals surface area contributed by atoms with Gasteiger partial charge in [-0.3, -0.25) is 14.5 Å². The summed E-state index contributed by atoms with van der Waals surface area (Å²) in [5.74, 6) is -0.367. The number of furan rings is 1. The van der Waals surface area contributed by atoms with Gasteiger partial charge in [0.05, 0.1) is 18.4 Å². The highest BCUT2D eigenvalue weighted by molar-refractivity contribution is 6.01. The molecule has 0 aliphatic rings. The maximum absolute atomic E-state index is 13.6. The summed E-state index contributed by atoms with van der Waals surface area (Å²) in [4.78, 5) is 28.2. The molecule has 0 radical (unpaired) electrons. The molecule has 2 amide bonds. The Morgan fingerprint density at radius 1 is 1.09 bits per heavy atom. The number of amides is 2. The fraction of sp³-hybridized carbons (Fsp3) is 0.217. The highest BCUT2D eigenvalue weighted by Gasteiger charge is 2.35. The molecule has 2 heterocycles. The Kier molecular flexibility index (Phi) is 6.57. The summed E-state index contributed by atoms with van der Waals surface area (Å²) in [6, 6.07) is 18.7. The number of aromatic nitrogens is 3. The number of benzene rings is 2. The van der Waals surface area contributed by atoms with Crippen LogP contribution in [-0.4, -0.2) is 47.1 Å². The van der Waals surface area contributed by atoms with Gasteiger partial charge in [0.25, 0.3) is 5.91 Å². The van der Waals surface area contributed by atoms with E-state index in [2.05, 4.69) is 15.6 Å². The molecule has 32 heavy (non-hydrogen) atoms.